The Bertz CT molecular complexity index is 598. The second-order valence-corrected chi connectivity index (χ2v) is 5.34. The number of hydrogen-bond acceptors (Lipinski definition) is 3. The molecule has 0 fully saturated rings. The van der Waals surface area contributed by atoms with Gasteiger partial charge in [0, 0.05) is 10.0 Å². The van der Waals surface area contributed by atoms with Crippen molar-refractivity contribution in [2.45, 2.75) is 20.0 Å². The fourth-order valence-corrected chi connectivity index (χ4v) is 2.72. The van der Waals surface area contributed by atoms with Crippen LogP contribution in [-0.4, -0.2) is 18.3 Å². The Balaban J connectivity index is 2.33. The van der Waals surface area contributed by atoms with Gasteiger partial charge in [-0.2, -0.15) is 0 Å². The van der Waals surface area contributed by atoms with Crippen LogP contribution in [0.5, 0.6) is 11.5 Å². The molecule has 4 heteroatoms. The molecule has 0 radical (unpaired) electrons. The van der Waals surface area contributed by atoms with Gasteiger partial charge in [-0.3, -0.25) is 0 Å². The van der Waals surface area contributed by atoms with Gasteiger partial charge in [-0.25, -0.2) is 0 Å². The topological polar surface area (TPSA) is 38.7 Å². The van der Waals surface area contributed by atoms with Crippen molar-refractivity contribution in [2.24, 2.45) is 0 Å². The van der Waals surface area contributed by atoms with Gasteiger partial charge in [0.2, 0.25) is 0 Å². The highest BCUT2D eigenvalue weighted by Gasteiger charge is 2.18. The molecule has 0 bridgehead atoms. The smallest absolute Gasteiger partial charge is 0.125 e. The lowest BCUT2D eigenvalue weighted by atomic mass is 10.0. The zero-order valence-corrected chi connectivity index (χ0v) is 13.8. The van der Waals surface area contributed by atoms with Gasteiger partial charge in [0.05, 0.1) is 13.2 Å². The van der Waals surface area contributed by atoms with Gasteiger partial charge in [-0.05, 0) is 37.6 Å². The predicted molar refractivity (Wildman–Crippen MR) is 87.0 cm³/mol. The molecule has 2 aromatic rings. The number of halogens is 1. The number of ether oxygens (including phenoxy) is 2. The van der Waals surface area contributed by atoms with Crippen molar-refractivity contribution in [2.75, 3.05) is 13.2 Å². The summed E-state index contributed by atoms with van der Waals surface area (Å²) in [7, 11) is 0. The van der Waals surface area contributed by atoms with Crippen molar-refractivity contribution in [3.63, 3.8) is 0 Å². The molecule has 0 saturated carbocycles. The summed E-state index contributed by atoms with van der Waals surface area (Å²) in [6, 6.07) is 13.1. The van der Waals surface area contributed by atoms with Crippen LogP contribution in [0.2, 0.25) is 0 Å². The molecule has 3 nitrogen and oxygen atoms in total. The Hall–Kier alpha value is -1.52. The van der Waals surface area contributed by atoms with Crippen molar-refractivity contribution in [1.29, 1.82) is 0 Å². The minimum Gasteiger partial charge on any atom is -0.494 e. The molecule has 2 aromatic carbocycles. The van der Waals surface area contributed by atoms with Gasteiger partial charge in [0.15, 0.2) is 0 Å². The van der Waals surface area contributed by atoms with Crippen molar-refractivity contribution in [3.8, 4) is 11.5 Å². The van der Waals surface area contributed by atoms with Crippen LogP contribution >= 0.6 is 15.9 Å². The lowest BCUT2D eigenvalue weighted by Gasteiger charge is -2.17. The van der Waals surface area contributed by atoms with Crippen LogP contribution in [0, 0.1) is 0 Å². The van der Waals surface area contributed by atoms with Gasteiger partial charge in [0.25, 0.3) is 0 Å². The third kappa shape index (κ3) is 3.77. The Labute approximate surface area is 133 Å². The molecule has 0 aliphatic heterocycles. The average Bonchev–Trinajstić information content (AvgIpc) is 2.48. The second kappa shape index (κ2) is 7.48. The summed E-state index contributed by atoms with van der Waals surface area (Å²) in [6.45, 7) is 5.04. The number of aliphatic hydroxyl groups excluding tert-OH is 1. The van der Waals surface area contributed by atoms with E-state index in [1.165, 1.54) is 0 Å². The maximum absolute atomic E-state index is 10.7. The summed E-state index contributed by atoms with van der Waals surface area (Å²) < 4.78 is 11.8. The van der Waals surface area contributed by atoms with E-state index in [-0.39, 0.29) is 0 Å². The Morgan fingerprint density at radius 1 is 1.00 bits per heavy atom. The zero-order chi connectivity index (χ0) is 15.2. The van der Waals surface area contributed by atoms with Crippen LogP contribution in [-0.2, 0) is 0 Å². The van der Waals surface area contributed by atoms with E-state index in [4.69, 9.17) is 9.47 Å². The third-order valence-electron chi connectivity index (χ3n) is 3.09. The predicted octanol–water partition coefficient (Wildman–Crippen LogP) is 4.33. The van der Waals surface area contributed by atoms with E-state index in [0.717, 1.165) is 21.3 Å². The standard InChI is InChI=1S/C17H19BrO3/c1-3-20-12-9-10-13(15(18)11-12)17(19)14-7-5-6-8-16(14)21-4-2/h5-11,17,19H,3-4H2,1-2H3. The monoisotopic (exact) mass is 350 g/mol. The van der Waals surface area contributed by atoms with Crippen molar-refractivity contribution in [3.05, 3.63) is 58.1 Å². The zero-order valence-electron chi connectivity index (χ0n) is 12.2. The van der Waals surface area contributed by atoms with Gasteiger partial charge in [-0.15, -0.1) is 0 Å². The molecule has 0 aromatic heterocycles. The van der Waals surface area contributed by atoms with Crippen molar-refractivity contribution in [1.82, 2.24) is 0 Å². The molecular formula is C17H19BrO3. The molecule has 0 heterocycles. The summed E-state index contributed by atoms with van der Waals surface area (Å²) in [5.74, 6) is 1.48. The minimum absolute atomic E-state index is 0.564. The molecule has 0 aliphatic carbocycles. The van der Waals surface area contributed by atoms with Crippen LogP contribution in [0.15, 0.2) is 46.9 Å². The number of aliphatic hydroxyl groups is 1. The largest absolute Gasteiger partial charge is 0.494 e. The summed E-state index contributed by atoms with van der Waals surface area (Å²) in [4.78, 5) is 0. The molecule has 2 rings (SSSR count). The molecule has 0 saturated heterocycles. The van der Waals surface area contributed by atoms with E-state index >= 15 is 0 Å². The second-order valence-electron chi connectivity index (χ2n) is 4.49. The molecule has 0 spiro atoms. The van der Waals surface area contributed by atoms with E-state index in [9.17, 15) is 5.11 Å². The fourth-order valence-electron chi connectivity index (χ4n) is 2.15. The summed E-state index contributed by atoms with van der Waals surface area (Å²) in [5, 5.41) is 10.7. The highest BCUT2D eigenvalue weighted by Crippen LogP contribution is 2.35. The molecule has 0 amide bonds. The maximum atomic E-state index is 10.7. The van der Waals surface area contributed by atoms with E-state index in [1.54, 1.807) is 0 Å². The first kappa shape index (κ1) is 15.9. The van der Waals surface area contributed by atoms with E-state index in [1.807, 2.05) is 56.3 Å². The van der Waals surface area contributed by atoms with Crippen LogP contribution in [0.4, 0.5) is 0 Å². The molecule has 112 valence electrons. The fraction of sp³-hybridized carbons (Fsp3) is 0.294. The van der Waals surface area contributed by atoms with Gasteiger partial charge in [0.1, 0.15) is 17.6 Å². The summed E-state index contributed by atoms with van der Waals surface area (Å²) >= 11 is 3.50. The maximum Gasteiger partial charge on any atom is 0.125 e. The number of benzene rings is 2. The average molecular weight is 351 g/mol. The highest BCUT2D eigenvalue weighted by atomic mass is 79.9. The van der Waals surface area contributed by atoms with Crippen LogP contribution in [0.1, 0.15) is 31.1 Å². The number of hydrogen-bond donors (Lipinski definition) is 1. The Morgan fingerprint density at radius 3 is 2.38 bits per heavy atom. The van der Waals surface area contributed by atoms with Crippen LogP contribution in [0.25, 0.3) is 0 Å². The summed E-state index contributed by atoms with van der Waals surface area (Å²) in [5.41, 5.74) is 1.54. The molecule has 0 aliphatic rings. The Kier molecular flexibility index (Phi) is 5.65. The summed E-state index contributed by atoms with van der Waals surface area (Å²) in [6.07, 6.45) is -0.752. The van der Waals surface area contributed by atoms with Gasteiger partial charge < -0.3 is 14.6 Å². The van der Waals surface area contributed by atoms with Crippen molar-refractivity contribution >= 4 is 15.9 Å². The normalized spacial score (nSPS) is 12.0. The first-order chi connectivity index (χ1) is 10.2. The van der Waals surface area contributed by atoms with E-state index < -0.39 is 6.10 Å². The molecule has 1 N–H and O–H groups in total. The van der Waals surface area contributed by atoms with E-state index in [0.29, 0.717) is 19.0 Å². The molecular weight excluding hydrogens is 332 g/mol. The molecule has 1 unspecified atom stereocenters. The first-order valence-electron chi connectivity index (χ1n) is 6.99. The number of para-hydroxylation sites is 1. The van der Waals surface area contributed by atoms with Gasteiger partial charge >= 0.3 is 0 Å². The van der Waals surface area contributed by atoms with E-state index in [2.05, 4.69) is 15.9 Å². The third-order valence-corrected chi connectivity index (χ3v) is 3.78. The SMILES string of the molecule is CCOc1ccc(C(O)c2ccccc2OCC)c(Br)c1. The first-order valence-corrected chi connectivity index (χ1v) is 7.78. The van der Waals surface area contributed by atoms with Gasteiger partial charge in [-0.1, -0.05) is 40.2 Å². The quantitative estimate of drug-likeness (QED) is 0.842. The molecule has 1 atom stereocenters. The van der Waals surface area contributed by atoms with Crippen LogP contribution in [0.3, 0.4) is 0 Å². The lowest BCUT2D eigenvalue weighted by Crippen LogP contribution is -2.05. The number of rotatable bonds is 6. The Morgan fingerprint density at radius 2 is 1.71 bits per heavy atom. The minimum atomic E-state index is -0.752. The lowest BCUT2D eigenvalue weighted by molar-refractivity contribution is 0.211. The van der Waals surface area contributed by atoms with Crippen molar-refractivity contribution < 1.29 is 14.6 Å². The highest BCUT2D eigenvalue weighted by molar-refractivity contribution is 9.10. The van der Waals surface area contributed by atoms with Crippen LogP contribution < -0.4 is 9.47 Å². The molecule has 21 heavy (non-hydrogen) atoms.